The quantitative estimate of drug-likeness (QED) is 0.160. The summed E-state index contributed by atoms with van der Waals surface area (Å²) in [6.45, 7) is 7.43. The summed E-state index contributed by atoms with van der Waals surface area (Å²) in [5.74, 6) is 0.961. The Labute approximate surface area is 164 Å². The number of hydrogen-bond acceptors (Lipinski definition) is 2. The number of esters is 1. The maximum absolute atomic E-state index is 11.5. The molecular formula is C24H48O2. The van der Waals surface area contributed by atoms with Gasteiger partial charge in [-0.1, -0.05) is 117 Å². The third-order valence-electron chi connectivity index (χ3n) is 5.55. The van der Waals surface area contributed by atoms with Crippen LogP contribution in [0.1, 0.15) is 136 Å². The van der Waals surface area contributed by atoms with Crippen LogP contribution in [0.5, 0.6) is 0 Å². The fourth-order valence-electron chi connectivity index (χ4n) is 3.61. The average Bonchev–Trinajstić information content (AvgIpc) is 2.65. The van der Waals surface area contributed by atoms with Crippen LogP contribution in [0.25, 0.3) is 0 Å². The highest BCUT2D eigenvalue weighted by molar-refractivity contribution is 5.69. The van der Waals surface area contributed by atoms with E-state index in [1.807, 2.05) is 0 Å². The fourth-order valence-corrected chi connectivity index (χ4v) is 3.61. The van der Waals surface area contributed by atoms with E-state index in [2.05, 4.69) is 20.8 Å². The third-order valence-corrected chi connectivity index (χ3v) is 5.55. The predicted octanol–water partition coefficient (Wildman–Crippen LogP) is 8.23. The summed E-state index contributed by atoms with van der Waals surface area (Å²) < 4.78 is 5.29. The van der Waals surface area contributed by atoms with Crippen molar-refractivity contribution in [2.45, 2.75) is 136 Å². The van der Waals surface area contributed by atoms with Crippen molar-refractivity contribution in [3.63, 3.8) is 0 Å². The van der Waals surface area contributed by atoms with Crippen LogP contribution in [0.2, 0.25) is 0 Å². The molecule has 0 aliphatic heterocycles. The predicted molar refractivity (Wildman–Crippen MR) is 115 cm³/mol. The molecule has 2 heteroatoms. The van der Waals surface area contributed by atoms with Gasteiger partial charge in [0.15, 0.2) is 0 Å². The highest BCUT2D eigenvalue weighted by atomic mass is 16.5. The van der Waals surface area contributed by atoms with Gasteiger partial charge in [0.25, 0.3) is 0 Å². The summed E-state index contributed by atoms with van der Waals surface area (Å²) in [6.07, 6.45) is 22.8. The Morgan fingerprint density at radius 3 is 1.73 bits per heavy atom. The smallest absolute Gasteiger partial charge is 0.305 e. The highest BCUT2D eigenvalue weighted by Gasteiger charge is 2.06. The first-order chi connectivity index (χ1) is 12.7. The Hall–Kier alpha value is -0.530. The Kier molecular flexibility index (Phi) is 20.4. The zero-order chi connectivity index (χ0) is 19.3. The van der Waals surface area contributed by atoms with E-state index in [-0.39, 0.29) is 5.97 Å². The minimum atomic E-state index is -0.00116. The lowest BCUT2D eigenvalue weighted by Gasteiger charge is -2.14. The van der Waals surface area contributed by atoms with Gasteiger partial charge in [0.1, 0.15) is 0 Å². The summed E-state index contributed by atoms with van der Waals surface area (Å²) in [5, 5.41) is 0. The molecule has 0 aliphatic carbocycles. The van der Waals surface area contributed by atoms with Crippen molar-refractivity contribution in [3.05, 3.63) is 0 Å². The van der Waals surface area contributed by atoms with Crippen LogP contribution in [0.4, 0.5) is 0 Å². The highest BCUT2D eigenvalue weighted by Crippen LogP contribution is 2.21. The van der Waals surface area contributed by atoms with Crippen LogP contribution >= 0.6 is 0 Å². The second kappa shape index (κ2) is 20.8. The summed E-state index contributed by atoms with van der Waals surface area (Å²) >= 11 is 0. The lowest BCUT2D eigenvalue weighted by molar-refractivity contribution is -0.143. The van der Waals surface area contributed by atoms with Gasteiger partial charge in [-0.05, 0) is 18.8 Å². The monoisotopic (exact) mass is 368 g/mol. The first-order valence-corrected chi connectivity index (χ1v) is 11.9. The van der Waals surface area contributed by atoms with Crippen molar-refractivity contribution in [3.8, 4) is 0 Å². The van der Waals surface area contributed by atoms with E-state index in [0.29, 0.717) is 13.0 Å². The van der Waals surface area contributed by atoms with Gasteiger partial charge in [0, 0.05) is 6.42 Å². The fraction of sp³-hybridized carbons (Fsp3) is 0.958. The maximum atomic E-state index is 11.5. The molecule has 2 nitrogen and oxygen atoms in total. The number of hydrogen-bond donors (Lipinski definition) is 0. The maximum Gasteiger partial charge on any atom is 0.305 e. The third kappa shape index (κ3) is 18.3. The molecule has 0 rings (SSSR count). The number of carbonyl (C=O) groups is 1. The van der Waals surface area contributed by atoms with Gasteiger partial charge in [-0.3, -0.25) is 4.79 Å². The molecule has 156 valence electrons. The second-order valence-electron chi connectivity index (χ2n) is 8.06. The van der Waals surface area contributed by atoms with Crippen molar-refractivity contribution in [2.75, 3.05) is 6.61 Å². The van der Waals surface area contributed by atoms with Gasteiger partial charge in [-0.2, -0.15) is 0 Å². The molecule has 0 radical (unpaired) electrons. The molecule has 0 aromatic heterocycles. The number of unbranched alkanes of at least 4 members (excludes halogenated alkanes) is 11. The Balaban J connectivity index is 3.34. The van der Waals surface area contributed by atoms with E-state index in [1.54, 1.807) is 0 Å². The van der Waals surface area contributed by atoms with Crippen molar-refractivity contribution in [1.82, 2.24) is 0 Å². The number of carbonyl (C=O) groups excluding carboxylic acids is 1. The molecule has 0 aromatic rings. The largest absolute Gasteiger partial charge is 0.466 e. The standard InChI is InChI=1S/C24H48O2/c1-4-7-9-12-16-19-23(6-3)20-17-13-10-11-14-18-22-26-24(25)21-15-8-5-2/h23H,4-22H2,1-3H3. The first-order valence-electron chi connectivity index (χ1n) is 11.9. The molecule has 0 heterocycles. The van der Waals surface area contributed by atoms with Crippen molar-refractivity contribution in [2.24, 2.45) is 5.92 Å². The van der Waals surface area contributed by atoms with E-state index in [0.717, 1.165) is 31.6 Å². The summed E-state index contributed by atoms with van der Waals surface area (Å²) in [4.78, 5) is 11.5. The molecule has 0 aromatic carbocycles. The average molecular weight is 369 g/mol. The summed E-state index contributed by atoms with van der Waals surface area (Å²) in [6, 6.07) is 0. The topological polar surface area (TPSA) is 26.3 Å². The van der Waals surface area contributed by atoms with Crippen LogP contribution in [-0.2, 0) is 9.53 Å². The lowest BCUT2D eigenvalue weighted by atomic mass is 9.92. The Morgan fingerprint density at radius 1 is 0.654 bits per heavy atom. The van der Waals surface area contributed by atoms with Gasteiger partial charge < -0.3 is 4.74 Å². The van der Waals surface area contributed by atoms with Gasteiger partial charge in [-0.15, -0.1) is 0 Å². The first kappa shape index (κ1) is 25.5. The van der Waals surface area contributed by atoms with E-state index in [1.165, 1.54) is 83.5 Å². The molecule has 0 saturated heterocycles. The molecule has 1 atom stereocenters. The molecule has 0 amide bonds. The van der Waals surface area contributed by atoms with Gasteiger partial charge in [0.05, 0.1) is 6.61 Å². The zero-order valence-electron chi connectivity index (χ0n) is 18.3. The second-order valence-corrected chi connectivity index (χ2v) is 8.06. The van der Waals surface area contributed by atoms with Crippen molar-refractivity contribution < 1.29 is 9.53 Å². The normalized spacial score (nSPS) is 12.3. The minimum absolute atomic E-state index is 0.00116. The van der Waals surface area contributed by atoms with Crippen LogP contribution in [0.3, 0.4) is 0 Å². The minimum Gasteiger partial charge on any atom is -0.466 e. The zero-order valence-corrected chi connectivity index (χ0v) is 18.3. The molecule has 0 saturated carbocycles. The lowest BCUT2D eigenvalue weighted by Crippen LogP contribution is -2.05. The van der Waals surface area contributed by atoms with Gasteiger partial charge in [-0.25, -0.2) is 0 Å². The van der Waals surface area contributed by atoms with E-state index < -0.39 is 0 Å². The summed E-state index contributed by atoms with van der Waals surface area (Å²) in [5.41, 5.74) is 0. The number of ether oxygens (including phenoxy) is 1. The molecule has 26 heavy (non-hydrogen) atoms. The molecule has 0 bridgehead atoms. The molecule has 0 aliphatic rings. The molecule has 0 N–H and O–H groups in total. The summed E-state index contributed by atoms with van der Waals surface area (Å²) in [7, 11) is 0. The van der Waals surface area contributed by atoms with Crippen LogP contribution in [-0.4, -0.2) is 12.6 Å². The van der Waals surface area contributed by atoms with Gasteiger partial charge >= 0.3 is 5.97 Å². The molecule has 0 fully saturated rings. The molecular weight excluding hydrogens is 320 g/mol. The van der Waals surface area contributed by atoms with E-state index in [4.69, 9.17) is 4.74 Å². The van der Waals surface area contributed by atoms with E-state index >= 15 is 0 Å². The molecule has 0 spiro atoms. The number of rotatable bonds is 20. The van der Waals surface area contributed by atoms with Crippen LogP contribution < -0.4 is 0 Å². The SMILES string of the molecule is CCCCCCCC(CC)CCCCCCCCOC(=O)CCCCC. The Bertz CT molecular complexity index is 288. The van der Waals surface area contributed by atoms with E-state index in [9.17, 15) is 4.79 Å². The molecule has 1 unspecified atom stereocenters. The van der Waals surface area contributed by atoms with Crippen molar-refractivity contribution in [1.29, 1.82) is 0 Å². The van der Waals surface area contributed by atoms with Crippen LogP contribution in [0.15, 0.2) is 0 Å². The van der Waals surface area contributed by atoms with Gasteiger partial charge in [0.2, 0.25) is 0 Å². The van der Waals surface area contributed by atoms with Crippen molar-refractivity contribution >= 4 is 5.97 Å². The van der Waals surface area contributed by atoms with Crippen LogP contribution in [0, 0.1) is 5.92 Å². The Morgan fingerprint density at radius 2 is 1.15 bits per heavy atom.